The van der Waals surface area contributed by atoms with Crippen molar-refractivity contribution in [3.05, 3.63) is 29.8 Å². The van der Waals surface area contributed by atoms with E-state index in [0.717, 1.165) is 19.1 Å². The highest BCUT2D eigenvalue weighted by atomic mass is 32.2. The van der Waals surface area contributed by atoms with Crippen LogP contribution in [0.25, 0.3) is 0 Å². The summed E-state index contributed by atoms with van der Waals surface area (Å²) in [5.74, 6) is 0.758. The van der Waals surface area contributed by atoms with Gasteiger partial charge in [0.1, 0.15) is 0 Å². The van der Waals surface area contributed by atoms with E-state index in [0.29, 0.717) is 5.25 Å². The molecule has 1 aliphatic rings. The van der Waals surface area contributed by atoms with Gasteiger partial charge in [0.2, 0.25) is 0 Å². The Hall–Kier alpha value is -0.470. The van der Waals surface area contributed by atoms with Crippen LogP contribution >= 0.6 is 11.8 Å². The minimum atomic E-state index is 0.626. The minimum Gasteiger partial charge on any atom is -0.380 e. The van der Waals surface area contributed by atoms with Crippen LogP contribution in [-0.2, 0) is 11.2 Å². The predicted octanol–water partition coefficient (Wildman–Crippen LogP) is 4.94. The summed E-state index contributed by atoms with van der Waals surface area (Å²) in [5.41, 5.74) is 1.50. The first kappa shape index (κ1) is 14.9. The zero-order valence-electron chi connectivity index (χ0n) is 12.2. The standard InChI is InChI=1S/C17H26OS/c1-3-5-8-14(4-2)12-18-13-16-11-15-9-6-7-10-17(15)19-16/h6-7,9-10,14,16H,3-5,8,11-13H2,1-2H3. The molecule has 2 atom stereocenters. The first-order valence-corrected chi connectivity index (χ1v) is 8.53. The van der Waals surface area contributed by atoms with Crippen LogP contribution in [-0.4, -0.2) is 18.5 Å². The molecule has 0 saturated carbocycles. The molecule has 0 radical (unpaired) electrons. The summed E-state index contributed by atoms with van der Waals surface area (Å²) >= 11 is 1.99. The molecule has 1 nitrogen and oxygen atoms in total. The normalized spacial score (nSPS) is 19.4. The van der Waals surface area contributed by atoms with Gasteiger partial charge in [-0.1, -0.05) is 51.3 Å². The minimum absolute atomic E-state index is 0.626. The number of rotatable bonds is 8. The van der Waals surface area contributed by atoms with Crippen LogP contribution in [0.3, 0.4) is 0 Å². The molecule has 0 fully saturated rings. The third-order valence-corrected chi connectivity index (χ3v) is 5.20. The molecule has 0 saturated heterocycles. The molecule has 1 aromatic rings. The van der Waals surface area contributed by atoms with E-state index in [-0.39, 0.29) is 0 Å². The molecule has 106 valence electrons. The lowest BCUT2D eigenvalue weighted by molar-refractivity contribution is 0.0953. The van der Waals surface area contributed by atoms with Gasteiger partial charge in [0.15, 0.2) is 0 Å². The van der Waals surface area contributed by atoms with Gasteiger partial charge >= 0.3 is 0 Å². The molecule has 1 aromatic carbocycles. The van der Waals surface area contributed by atoms with Crippen LogP contribution in [0.4, 0.5) is 0 Å². The molecule has 0 bridgehead atoms. The van der Waals surface area contributed by atoms with E-state index >= 15 is 0 Å². The molecule has 0 spiro atoms. The molecule has 2 rings (SSSR count). The largest absolute Gasteiger partial charge is 0.380 e. The van der Waals surface area contributed by atoms with Crippen molar-refractivity contribution < 1.29 is 4.74 Å². The van der Waals surface area contributed by atoms with Crippen LogP contribution in [0, 0.1) is 5.92 Å². The average Bonchev–Trinajstić information content (AvgIpc) is 2.85. The number of benzene rings is 1. The van der Waals surface area contributed by atoms with Crippen molar-refractivity contribution in [3.8, 4) is 0 Å². The lowest BCUT2D eigenvalue weighted by Crippen LogP contribution is -2.16. The van der Waals surface area contributed by atoms with Gasteiger partial charge in [0, 0.05) is 16.8 Å². The van der Waals surface area contributed by atoms with Crippen LogP contribution < -0.4 is 0 Å². The Morgan fingerprint density at radius 3 is 2.89 bits per heavy atom. The van der Waals surface area contributed by atoms with Crippen molar-refractivity contribution >= 4 is 11.8 Å². The molecule has 1 heterocycles. The van der Waals surface area contributed by atoms with Crippen molar-refractivity contribution in [1.29, 1.82) is 0 Å². The molecular formula is C17H26OS. The summed E-state index contributed by atoms with van der Waals surface area (Å²) in [6.07, 6.45) is 6.38. The number of unbranched alkanes of at least 4 members (excludes halogenated alkanes) is 1. The van der Waals surface area contributed by atoms with Crippen molar-refractivity contribution in [2.24, 2.45) is 5.92 Å². The van der Waals surface area contributed by atoms with Crippen molar-refractivity contribution in [2.75, 3.05) is 13.2 Å². The zero-order valence-corrected chi connectivity index (χ0v) is 13.0. The van der Waals surface area contributed by atoms with Gasteiger partial charge in [-0.2, -0.15) is 0 Å². The number of hydrogen-bond donors (Lipinski definition) is 0. The third-order valence-electron chi connectivity index (χ3n) is 3.91. The molecule has 19 heavy (non-hydrogen) atoms. The second kappa shape index (κ2) is 7.96. The van der Waals surface area contributed by atoms with E-state index in [9.17, 15) is 0 Å². The van der Waals surface area contributed by atoms with Gasteiger partial charge in [0.05, 0.1) is 6.61 Å². The summed E-state index contributed by atoms with van der Waals surface area (Å²) < 4.78 is 5.98. The summed E-state index contributed by atoms with van der Waals surface area (Å²) in [4.78, 5) is 1.45. The Bertz CT molecular complexity index is 352. The SMILES string of the molecule is CCCCC(CC)COCC1Cc2ccccc2S1. The quantitative estimate of drug-likeness (QED) is 0.666. The lowest BCUT2D eigenvalue weighted by Gasteiger charge is -2.16. The van der Waals surface area contributed by atoms with Crippen LogP contribution in [0.1, 0.15) is 45.1 Å². The maximum atomic E-state index is 5.98. The topological polar surface area (TPSA) is 9.23 Å². The fourth-order valence-electron chi connectivity index (χ4n) is 2.61. The molecule has 0 amide bonds. The fourth-order valence-corrected chi connectivity index (χ4v) is 3.86. The molecular weight excluding hydrogens is 252 g/mol. The number of ether oxygens (including phenoxy) is 1. The number of hydrogen-bond acceptors (Lipinski definition) is 2. The number of fused-ring (bicyclic) bond motifs is 1. The molecule has 0 N–H and O–H groups in total. The van der Waals surface area contributed by atoms with E-state index in [2.05, 4.69) is 38.1 Å². The molecule has 0 aromatic heterocycles. The maximum Gasteiger partial charge on any atom is 0.0591 e. The summed E-state index contributed by atoms with van der Waals surface area (Å²) in [6.45, 7) is 6.40. The van der Waals surface area contributed by atoms with E-state index < -0.39 is 0 Å². The molecule has 1 aliphatic heterocycles. The maximum absolute atomic E-state index is 5.98. The predicted molar refractivity (Wildman–Crippen MR) is 83.9 cm³/mol. The highest BCUT2D eigenvalue weighted by Gasteiger charge is 2.22. The smallest absolute Gasteiger partial charge is 0.0591 e. The highest BCUT2D eigenvalue weighted by molar-refractivity contribution is 8.00. The first-order chi connectivity index (χ1) is 9.33. The van der Waals surface area contributed by atoms with Gasteiger partial charge in [-0.05, 0) is 30.4 Å². The molecule has 0 aliphatic carbocycles. The third kappa shape index (κ3) is 4.54. The Morgan fingerprint density at radius 2 is 2.16 bits per heavy atom. The van der Waals surface area contributed by atoms with Gasteiger partial charge < -0.3 is 4.74 Å². The van der Waals surface area contributed by atoms with E-state index in [1.807, 2.05) is 11.8 Å². The first-order valence-electron chi connectivity index (χ1n) is 7.65. The lowest BCUT2D eigenvalue weighted by atomic mass is 10.0. The van der Waals surface area contributed by atoms with Gasteiger partial charge in [-0.3, -0.25) is 0 Å². The summed E-state index contributed by atoms with van der Waals surface area (Å²) in [7, 11) is 0. The van der Waals surface area contributed by atoms with Gasteiger partial charge in [-0.15, -0.1) is 11.8 Å². The van der Waals surface area contributed by atoms with Gasteiger partial charge in [-0.25, -0.2) is 0 Å². The van der Waals surface area contributed by atoms with Gasteiger partial charge in [0.25, 0.3) is 0 Å². The fraction of sp³-hybridized carbons (Fsp3) is 0.647. The Labute approximate surface area is 122 Å². The Morgan fingerprint density at radius 1 is 1.32 bits per heavy atom. The summed E-state index contributed by atoms with van der Waals surface area (Å²) in [5, 5.41) is 0.626. The van der Waals surface area contributed by atoms with Crippen LogP contribution in [0.15, 0.2) is 29.2 Å². The van der Waals surface area contributed by atoms with Crippen LogP contribution in [0.5, 0.6) is 0 Å². The summed E-state index contributed by atoms with van der Waals surface area (Å²) in [6, 6.07) is 8.75. The molecule has 2 unspecified atom stereocenters. The van der Waals surface area contributed by atoms with E-state index in [1.165, 1.54) is 42.6 Å². The van der Waals surface area contributed by atoms with E-state index in [1.54, 1.807) is 0 Å². The second-order valence-electron chi connectivity index (χ2n) is 5.51. The van der Waals surface area contributed by atoms with E-state index in [4.69, 9.17) is 4.74 Å². The average molecular weight is 278 g/mol. The zero-order chi connectivity index (χ0) is 13.5. The highest BCUT2D eigenvalue weighted by Crippen LogP contribution is 2.36. The monoisotopic (exact) mass is 278 g/mol. The van der Waals surface area contributed by atoms with Crippen molar-refractivity contribution in [2.45, 2.75) is 56.1 Å². The second-order valence-corrected chi connectivity index (χ2v) is 6.85. The Kier molecular flexibility index (Phi) is 6.25. The van der Waals surface area contributed by atoms with Crippen LogP contribution in [0.2, 0.25) is 0 Å². The Balaban J connectivity index is 1.67. The molecule has 2 heteroatoms. The number of thioether (sulfide) groups is 1. The van der Waals surface area contributed by atoms with Crippen molar-refractivity contribution in [1.82, 2.24) is 0 Å². The van der Waals surface area contributed by atoms with Crippen molar-refractivity contribution in [3.63, 3.8) is 0 Å².